The average molecular weight is 492 g/mol. The van der Waals surface area contributed by atoms with E-state index in [2.05, 4.69) is 10.2 Å². The number of methoxy groups -OCH3 is 1. The summed E-state index contributed by atoms with van der Waals surface area (Å²) in [5.41, 5.74) is 1.03. The predicted molar refractivity (Wildman–Crippen MR) is 124 cm³/mol. The number of carbonyl (C=O) groups excluding carboxylic acids is 1. The molecule has 184 valence electrons. The van der Waals surface area contributed by atoms with Crippen LogP contribution in [0.15, 0.2) is 53.4 Å². The molecule has 0 unspecified atom stereocenters. The summed E-state index contributed by atoms with van der Waals surface area (Å²) in [6.07, 6.45) is 1.03. The number of nitrogens with one attached hydrogen (secondary N) is 1. The molecule has 2 saturated heterocycles. The molecule has 0 aromatic heterocycles. The van der Waals surface area contributed by atoms with Crippen molar-refractivity contribution < 1.29 is 27.1 Å². The molecule has 10 heteroatoms. The molecule has 1 N–H and O–H groups in total. The van der Waals surface area contributed by atoms with Crippen LogP contribution in [0.3, 0.4) is 0 Å². The Morgan fingerprint density at radius 2 is 1.79 bits per heavy atom. The zero-order valence-electron chi connectivity index (χ0n) is 19.2. The Labute approximate surface area is 199 Å². The molecule has 0 aliphatic carbocycles. The van der Waals surface area contributed by atoms with Crippen LogP contribution in [0, 0.1) is 5.82 Å². The van der Waals surface area contributed by atoms with E-state index in [4.69, 9.17) is 9.47 Å². The standard InChI is InChI=1S/C24H30FN3O5S/c1-32-20-8-4-18(5-9-20)23(27-13-15-33-16-14-27)17-26-24(29)22-3-2-12-28(22)34(30,31)21-10-6-19(25)7-11-21/h4-11,22-23H,2-3,12-17H2,1H3,(H,26,29)/t22-,23+/m1/s1. The largest absolute Gasteiger partial charge is 0.497 e. The quantitative estimate of drug-likeness (QED) is 0.609. The van der Waals surface area contributed by atoms with Crippen molar-refractivity contribution in [3.05, 3.63) is 59.9 Å². The van der Waals surface area contributed by atoms with Gasteiger partial charge in [-0.2, -0.15) is 4.31 Å². The third-order valence-corrected chi connectivity index (χ3v) is 8.31. The van der Waals surface area contributed by atoms with Crippen molar-refractivity contribution in [3.8, 4) is 5.75 Å². The summed E-state index contributed by atoms with van der Waals surface area (Å²) in [6, 6.07) is 11.5. The molecule has 2 aliphatic rings. The molecular weight excluding hydrogens is 461 g/mol. The number of benzene rings is 2. The van der Waals surface area contributed by atoms with Crippen LogP contribution in [0.2, 0.25) is 0 Å². The first kappa shape index (κ1) is 24.6. The maximum Gasteiger partial charge on any atom is 0.243 e. The third kappa shape index (κ3) is 5.41. The highest BCUT2D eigenvalue weighted by Crippen LogP contribution is 2.27. The number of amides is 1. The molecule has 1 amide bonds. The lowest BCUT2D eigenvalue weighted by atomic mass is 10.0. The van der Waals surface area contributed by atoms with Gasteiger partial charge in [0.15, 0.2) is 0 Å². The maximum atomic E-state index is 13.3. The van der Waals surface area contributed by atoms with Gasteiger partial charge in [0.1, 0.15) is 17.6 Å². The topological polar surface area (TPSA) is 88.2 Å². The van der Waals surface area contributed by atoms with E-state index in [0.717, 1.165) is 36.5 Å². The fourth-order valence-corrected chi connectivity index (χ4v) is 6.18. The van der Waals surface area contributed by atoms with Crippen molar-refractivity contribution in [1.29, 1.82) is 0 Å². The van der Waals surface area contributed by atoms with Crippen molar-refractivity contribution in [1.82, 2.24) is 14.5 Å². The van der Waals surface area contributed by atoms with Crippen molar-refractivity contribution in [2.24, 2.45) is 0 Å². The van der Waals surface area contributed by atoms with Gasteiger partial charge in [-0.25, -0.2) is 12.8 Å². The monoisotopic (exact) mass is 491 g/mol. The second-order valence-corrected chi connectivity index (χ2v) is 10.3. The first-order chi connectivity index (χ1) is 16.4. The predicted octanol–water partition coefficient (Wildman–Crippen LogP) is 2.18. The summed E-state index contributed by atoms with van der Waals surface area (Å²) < 4.78 is 51.5. The Morgan fingerprint density at radius 3 is 2.44 bits per heavy atom. The first-order valence-corrected chi connectivity index (χ1v) is 12.8. The highest BCUT2D eigenvalue weighted by molar-refractivity contribution is 7.89. The van der Waals surface area contributed by atoms with E-state index < -0.39 is 21.9 Å². The van der Waals surface area contributed by atoms with Crippen LogP contribution in [-0.2, 0) is 19.6 Å². The number of halogens is 1. The number of carbonyl (C=O) groups is 1. The second-order valence-electron chi connectivity index (χ2n) is 8.41. The normalized spacial score (nSPS) is 20.7. The smallest absolute Gasteiger partial charge is 0.243 e. The Morgan fingerprint density at radius 1 is 1.12 bits per heavy atom. The van der Waals surface area contributed by atoms with E-state index in [0.29, 0.717) is 32.6 Å². The van der Waals surface area contributed by atoms with Crippen LogP contribution in [0.4, 0.5) is 4.39 Å². The number of nitrogens with zero attached hydrogens (tertiary/aromatic N) is 2. The van der Waals surface area contributed by atoms with Crippen LogP contribution < -0.4 is 10.1 Å². The fraction of sp³-hybridized carbons (Fsp3) is 0.458. The molecule has 0 saturated carbocycles. The summed E-state index contributed by atoms with van der Waals surface area (Å²) in [6.45, 7) is 3.30. The molecule has 2 aliphatic heterocycles. The summed E-state index contributed by atoms with van der Waals surface area (Å²) in [7, 11) is -2.29. The summed E-state index contributed by atoms with van der Waals surface area (Å²) >= 11 is 0. The minimum absolute atomic E-state index is 0.0157. The van der Waals surface area contributed by atoms with Gasteiger partial charge in [-0.15, -0.1) is 0 Å². The van der Waals surface area contributed by atoms with Gasteiger partial charge in [0, 0.05) is 26.2 Å². The lowest BCUT2D eigenvalue weighted by Gasteiger charge is -2.35. The summed E-state index contributed by atoms with van der Waals surface area (Å²) in [5, 5.41) is 2.99. The number of hydrogen-bond acceptors (Lipinski definition) is 6. The van der Waals surface area contributed by atoms with E-state index in [9.17, 15) is 17.6 Å². The van der Waals surface area contributed by atoms with Crippen LogP contribution in [-0.4, -0.2) is 76.1 Å². The van der Waals surface area contributed by atoms with E-state index >= 15 is 0 Å². The Balaban J connectivity index is 1.48. The number of hydrogen-bond donors (Lipinski definition) is 1. The number of morpholine rings is 1. The molecule has 4 rings (SSSR count). The molecule has 8 nitrogen and oxygen atoms in total. The first-order valence-electron chi connectivity index (χ1n) is 11.4. The van der Waals surface area contributed by atoms with E-state index in [-0.39, 0.29) is 23.4 Å². The molecule has 34 heavy (non-hydrogen) atoms. The maximum absolute atomic E-state index is 13.3. The number of sulfonamides is 1. The number of ether oxygens (including phenoxy) is 2. The SMILES string of the molecule is COc1ccc([C@H](CNC(=O)[C@H]2CCCN2S(=O)(=O)c2ccc(F)cc2)N2CCOCC2)cc1. The molecule has 0 spiro atoms. The van der Waals surface area contributed by atoms with Gasteiger partial charge in [0.25, 0.3) is 0 Å². The molecule has 2 fully saturated rings. The zero-order chi connectivity index (χ0) is 24.1. The van der Waals surface area contributed by atoms with E-state index in [1.54, 1.807) is 7.11 Å². The van der Waals surface area contributed by atoms with Gasteiger partial charge >= 0.3 is 0 Å². The van der Waals surface area contributed by atoms with Crippen molar-refractivity contribution in [3.63, 3.8) is 0 Å². The van der Waals surface area contributed by atoms with Crippen LogP contribution in [0.5, 0.6) is 5.75 Å². The van der Waals surface area contributed by atoms with E-state index in [1.807, 2.05) is 24.3 Å². The molecule has 2 aromatic carbocycles. The Kier molecular flexibility index (Phi) is 7.82. The fourth-order valence-electron chi connectivity index (χ4n) is 4.52. The van der Waals surface area contributed by atoms with Crippen LogP contribution >= 0.6 is 0 Å². The highest BCUT2D eigenvalue weighted by Gasteiger charge is 2.39. The zero-order valence-corrected chi connectivity index (χ0v) is 20.0. The molecule has 2 heterocycles. The third-order valence-electron chi connectivity index (χ3n) is 6.38. The van der Waals surface area contributed by atoms with E-state index in [1.165, 1.54) is 16.4 Å². The lowest BCUT2D eigenvalue weighted by Crippen LogP contribution is -2.49. The molecule has 0 radical (unpaired) electrons. The molecule has 2 atom stereocenters. The Bertz CT molecular complexity index is 1070. The minimum Gasteiger partial charge on any atom is -0.497 e. The van der Waals surface area contributed by atoms with Gasteiger partial charge < -0.3 is 14.8 Å². The lowest BCUT2D eigenvalue weighted by molar-refractivity contribution is -0.124. The van der Waals surface area contributed by atoms with Gasteiger partial charge in [-0.3, -0.25) is 9.69 Å². The van der Waals surface area contributed by atoms with Crippen LogP contribution in [0.25, 0.3) is 0 Å². The Hall–Kier alpha value is -2.53. The van der Waals surface area contributed by atoms with Crippen LogP contribution in [0.1, 0.15) is 24.4 Å². The van der Waals surface area contributed by atoms with Gasteiger partial charge in [0.2, 0.25) is 15.9 Å². The summed E-state index contributed by atoms with van der Waals surface area (Å²) in [5.74, 6) is -0.0848. The van der Waals surface area contributed by atoms with Crippen molar-refractivity contribution >= 4 is 15.9 Å². The average Bonchev–Trinajstić information content (AvgIpc) is 3.37. The minimum atomic E-state index is -3.90. The number of rotatable bonds is 8. The highest BCUT2D eigenvalue weighted by atomic mass is 32.2. The summed E-state index contributed by atoms with van der Waals surface area (Å²) in [4.78, 5) is 15.4. The van der Waals surface area contributed by atoms with Crippen molar-refractivity contribution in [2.45, 2.75) is 29.8 Å². The molecular formula is C24H30FN3O5S. The van der Waals surface area contributed by atoms with Gasteiger partial charge in [-0.05, 0) is 54.8 Å². The molecule has 0 bridgehead atoms. The van der Waals surface area contributed by atoms with Gasteiger partial charge in [0.05, 0.1) is 31.3 Å². The van der Waals surface area contributed by atoms with Gasteiger partial charge in [-0.1, -0.05) is 12.1 Å². The molecule has 2 aromatic rings. The van der Waals surface area contributed by atoms with Crippen molar-refractivity contribution in [2.75, 3.05) is 46.5 Å². The second kappa shape index (κ2) is 10.8.